The summed E-state index contributed by atoms with van der Waals surface area (Å²) in [5, 5.41) is 3.49. The summed E-state index contributed by atoms with van der Waals surface area (Å²) >= 11 is 0. The Bertz CT molecular complexity index is 548. The molecule has 0 aromatic heterocycles. The molecule has 24 heavy (non-hydrogen) atoms. The lowest BCUT2D eigenvalue weighted by atomic mass is 10.1. The molecule has 0 amide bonds. The van der Waals surface area contributed by atoms with Gasteiger partial charge in [-0.15, -0.1) is 0 Å². The Balaban J connectivity index is 1.56. The van der Waals surface area contributed by atoms with Crippen LogP contribution in [0, 0.1) is 0 Å². The predicted molar refractivity (Wildman–Crippen MR) is 92.1 cm³/mol. The van der Waals surface area contributed by atoms with Crippen molar-refractivity contribution < 1.29 is 18.9 Å². The predicted octanol–water partition coefficient (Wildman–Crippen LogP) is 1.67. The number of nitrogens with one attached hydrogen (secondary N) is 1. The van der Waals surface area contributed by atoms with Gasteiger partial charge in [0.25, 0.3) is 0 Å². The Kier molecular flexibility index (Phi) is 5.81. The first kappa shape index (κ1) is 17.3. The zero-order valence-electron chi connectivity index (χ0n) is 14.8. The van der Waals surface area contributed by atoms with Crippen LogP contribution in [0.15, 0.2) is 12.1 Å². The molecule has 3 rings (SSSR count). The highest BCUT2D eigenvalue weighted by molar-refractivity contribution is 5.55. The van der Waals surface area contributed by atoms with Crippen molar-refractivity contribution in [1.82, 2.24) is 10.2 Å². The van der Waals surface area contributed by atoms with E-state index in [4.69, 9.17) is 18.9 Å². The maximum absolute atomic E-state index is 5.88. The highest BCUT2D eigenvalue weighted by Crippen LogP contribution is 2.39. The first-order chi connectivity index (χ1) is 11.8. The number of benzene rings is 1. The van der Waals surface area contributed by atoms with Crippen LogP contribution in [-0.2, 0) is 11.3 Å². The third-order valence-corrected chi connectivity index (χ3v) is 4.71. The lowest BCUT2D eigenvalue weighted by Crippen LogP contribution is -2.47. The van der Waals surface area contributed by atoms with Crippen LogP contribution in [-0.4, -0.2) is 64.6 Å². The topological polar surface area (TPSA) is 52.2 Å². The molecule has 2 fully saturated rings. The van der Waals surface area contributed by atoms with Gasteiger partial charge in [0.05, 0.1) is 34.0 Å². The minimum atomic E-state index is 0.255. The molecule has 1 aromatic rings. The largest absolute Gasteiger partial charge is 0.493 e. The van der Waals surface area contributed by atoms with Gasteiger partial charge in [-0.1, -0.05) is 6.07 Å². The van der Waals surface area contributed by atoms with Crippen molar-refractivity contribution in [3.8, 4) is 17.2 Å². The molecule has 1 N–H and O–H groups in total. The average Bonchev–Trinajstić information content (AvgIpc) is 3.46. The molecule has 1 aromatic carbocycles. The molecule has 0 bridgehead atoms. The fourth-order valence-electron chi connectivity index (χ4n) is 3.31. The van der Waals surface area contributed by atoms with Crippen molar-refractivity contribution in [2.75, 3.05) is 47.6 Å². The lowest BCUT2D eigenvalue weighted by Gasteiger charge is -2.33. The monoisotopic (exact) mass is 336 g/mol. The number of hydrogen-bond donors (Lipinski definition) is 1. The van der Waals surface area contributed by atoms with Crippen LogP contribution in [0.5, 0.6) is 17.2 Å². The van der Waals surface area contributed by atoms with Gasteiger partial charge in [0, 0.05) is 37.8 Å². The van der Waals surface area contributed by atoms with Gasteiger partial charge in [-0.3, -0.25) is 4.90 Å². The average molecular weight is 336 g/mol. The van der Waals surface area contributed by atoms with Crippen LogP contribution >= 0.6 is 0 Å². The Morgan fingerprint density at radius 1 is 1.12 bits per heavy atom. The summed E-state index contributed by atoms with van der Waals surface area (Å²) in [7, 11) is 4.90. The second kappa shape index (κ2) is 8.05. The van der Waals surface area contributed by atoms with Gasteiger partial charge in [0.15, 0.2) is 11.5 Å². The summed E-state index contributed by atoms with van der Waals surface area (Å²) in [6, 6.07) is 4.72. The highest BCUT2D eigenvalue weighted by atomic mass is 16.5. The summed E-state index contributed by atoms with van der Waals surface area (Å²) in [5.41, 5.74) is 1.05. The van der Waals surface area contributed by atoms with E-state index in [1.807, 2.05) is 12.1 Å². The molecular weight excluding hydrogens is 308 g/mol. The molecule has 0 spiro atoms. The third kappa shape index (κ3) is 3.94. The van der Waals surface area contributed by atoms with E-state index >= 15 is 0 Å². The van der Waals surface area contributed by atoms with E-state index in [1.54, 1.807) is 21.3 Å². The first-order valence-electron chi connectivity index (χ1n) is 8.61. The number of morpholine rings is 1. The second-order valence-corrected chi connectivity index (χ2v) is 6.34. The van der Waals surface area contributed by atoms with Gasteiger partial charge < -0.3 is 24.3 Å². The van der Waals surface area contributed by atoms with Gasteiger partial charge in [0.1, 0.15) is 0 Å². The number of rotatable bonds is 8. The standard InChI is InChI=1S/C18H28N2O4/c1-21-16-7-4-13(17(22-2)18(16)23-3)10-19-11-15-12-20(8-9-24-15)14-5-6-14/h4,7,14-15,19H,5-6,8-12H2,1-3H3. The Morgan fingerprint density at radius 2 is 1.92 bits per heavy atom. The SMILES string of the molecule is COc1ccc(CNCC2CN(C3CC3)CCO2)c(OC)c1OC. The molecular formula is C18H28N2O4. The minimum absolute atomic E-state index is 0.255. The molecule has 1 aliphatic heterocycles. The van der Waals surface area contributed by atoms with Crippen molar-refractivity contribution in [2.45, 2.75) is 31.5 Å². The van der Waals surface area contributed by atoms with Crippen molar-refractivity contribution in [2.24, 2.45) is 0 Å². The Hall–Kier alpha value is -1.50. The molecule has 6 nitrogen and oxygen atoms in total. The van der Waals surface area contributed by atoms with Crippen LogP contribution in [0.2, 0.25) is 0 Å². The van der Waals surface area contributed by atoms with E-state index in [2.05, 4.69) is 10.2 Å². The highest BCUT2D eigenvalue weighted by Gasteiger charge is 2.32. The van der Waals surface area contributed by atoms with Crippen LogP contribution < -0.4 is 19.5 Å². The molecule has 1 saturated carbocycles. The van der Waals surface area contributed by atoms with E-state index in [0.717, 1.165) is 37.8 Å². The zero-order chi connectivity index (χ0) is 16.9. The molecule has 1 atom stereocenters. The Morgan fingerprint density at radius 3 is 2.58 bits per heavy atom. The maximum Gasteiger partial charge on any atom is 0.203 e. The smallest absolute Gasteiger partial charge is 0.203 e. The fraction of sp³-hybridized carbons (Fsp3) is 0.667. The van der Waals surface area contributed by atoms with E-state index in [-0.39, 0.29) is 6.10 Å². The Labute approximate surface area is 144 Å². The summed E-state index contributed by atoms with van der Waals surface area (Å²) in [5.74, 6) is 2.02. The second-order valence-electron chi connectivity index (χ2n) is 6.34. The van der Waals surface area contributed by atoms with Crippen molar-refractivity contribution in [3.05, 3.63) is 17.7 Å². The van der Waals surface area contributed by atoms with E-state index in [9.17, 15) is 0 Å². The van der Waals surface area contributed by atoms with Gasteiger partial charge in [-0.25, -0.2) is 0 Å². The van der Waals surface area contributed by atoms with E-state index in [0.29, 0.717) is 23.8 Å². The molecule has 134 valence electrons. The summed E-state index contributed by atoms with van der Waals surface area (Å²) in [4.78, 5) is 2.56. The lowest BCUT2D eigenvalue weighted by molar-refractivity contribution is -0.0301. The molecule has 2 aliphatic rings. The number of nitrogens with zero attached hydrogens (tertiary/aromatic N) is 1. The molecule has 1 aliphatic carbocycles. The van der Waals surface area contributed by atoms with Crippen molar-refractivity contribution >= 4 is 0 Å². The van der Waals surface area contributed by atoms with E-state index in [1.165, 1.54) is 12.8 Å². The van der Waals surface area contributed by atoms with Crippen LogP contribution in [0.1, 0.15) is 18.4 Å². The summed E-state index contributed by atoms with van der Waals surface area (Å²) in [6.07, 6.45) is 2.96. The maximum atomic E-state index is 5.88. The zero-order valence-corrected chi connectivity index (χ0v) is 14.8. The fourth-order valence-corrected chi connectivity index (χ4v) is 3.31. The minimum Gasteiger partial charge on any atom is -0.493 e. The summed E-state index contributed by atoms with van der Waals surface area (Å²) < 4.78 is 22.2. The number of methoxy groups -OCH3 is 3. The van der Waals surface area contributed by atoms with Gasteiger partial charge in [0.2, 0.25) is 5.75 Å². The van der Waals surface area contributed by atoms with Crippen molar-refractivity contribution in [3.63, 3.8) is 0 Å². The summed E-state index contributed by atoms with van der Waals surface area (Å²) in [6.45, 7) is 4.47. The first-order valence-corrected chi connectivity index (χ1v) is 8.61. The quantitative estimate of drug-likeness (QED) is 0.779. The molecule has 1 heterocycles. The molecule has 6 heteroatoms. The van der Waals surface area contributed by atoms with Crippen LogP contribution in [0.25, 0.3) is 0 Å². The molecule has 0 radical (unpaired) electrons. The molecule has 1 saturated heterocycles. The van der Waals surface area contributed by atoms with Gasteiger partial charge in [-0.05, 0) is 18.9 Å². The van der Waals surface area contributed by atoms with E-state index < -0.39 is 0 Å². The number of hydrogen-bond acceptors (Lipinski definition) is 6. The number of ether oxygens (including phenoxy) is 4. The van der Waals surface area contributed by atoms with Crippen molar-refractivity contribution in [1.29, 1.82) is 0 Å². The molecule has 1 unspecified atom stereocenters. The van der Waals surface area contributed by atoms with Gasteiger partial charge >= 0.3 is 0 Å². The van der Waals surface area contributed by atoms with Crippen LogP contribution in [0.4, 0.5) is 0 Å². The normalized spacial score (nSPS) is 21.5. The van der Waals surface area contributed by atoms with Gasteiger partial charge in [-0.2, -0.15) is 0 Å². The van der Waals surface area contributed by atoms with Crippen LogP contribution in [0.3, 0.4) is 0 Å². The third-order valence-electron chi connectivity index (χ3n) is 4.71.